The Morgan fingerprint density at radius 3 is 3.11 bits per heavy atom. The molecule has 1 aliphatic rings. The van der Waals surface area contributed by atoms with Crippen LogP contribution in [0.25, 0.3) is 0 Å². The maximum absolute atomic E-state index is 11.6. The van der Waals surface area contributed by atoms with Crippen molar-refractivity contribution in [3.05, 3.63) is 29.8 Å². The Hall–Kier alpha value is -1.55. The first-order chi connectivity index (χ1) is 9.24. The maximum atomic E-state index is 11.6. The molecule has 1 unspecified atom stereocenters. The van der Waals surface area contributed by atoms with Gasteiger partial charge in [-0.05, 0) is 37.0 Å². The van der Waals surface area contributed by atoms with Crippen LogP contribution in [-0.4, -0.2) is 25.3 Å². The molecule has 0 spiro atoms. The summed E-state index contributed by atoms with van der Waals surface area (Å²) in [7, 11) is 0. The standard InChI is InChI=1S/C15H21NO3/c16-13-4-1-3-12(11-13)6-7-15(17)19-10-8-14-5-2-9-18-14/h1,3-4,11,14H,2,5-10,16H2. The van der Waals surface area contributed by atoms with E-state index in [1.807, 2.05) is 24.3 Å². The van der Waals surface area contributed by atoms with Crippen LogP contribution < -0.4 is 5.73 Å². The summed E-state index contributed by atoms with van der Waals surface area (Å²) in [5, 5.41) is 0. The fraction of sp³-hybridized carbons (Fsp3) is 0.533. The number of aryl methyl sites for hydroxylation is 1. The molecule has 4 nitrogen and oxygen atoms in total. The zero-order chi connectivity index (χ0) is 13.5. The smallest absolute Gasteiger partial charge is 0.306 e. The molecule has 0 aliphatic carbocycles. The maximum Gasteiger partial charge on any atom is 0.306 e. The molecule has 1 aromatic rings. The van der Waals surface area contributed by atoms with Gasteiger partial charge in [0.2, 0.25) is 0 Å². The number of anilines is 1. The van der Waals surface area contributed by atoms with E-state index < -0.39 is 0 Å². The normalized spacial score (nSPS) is 18.4. The first kappa shape index (κ1) is 13.9. The van der Waals surface area contributed by atoms with Crippen molar-refractivity contribution in [3.8, 4) is 0 Å². The molecule has 0 aromatic heterocycles. The average Bonchev–Trinajstić information content (AvgIpc) is 2.90. The van der Waals surface area contributed by atoms with E-state index in [2.05, 4.69) is 0 Å². The number of carbonyl (C=O) groups is 1. The van der Waals surface area contributed by atoms with Crippen molar-refractivity contribution < 1.29 is 14.3 Å². The molecule has 104 valence electrons. The quantitative estimate of drug-likeness (QED) is 0.632. The molecular weight excluding hydrogens is 242 g/mol. The number of nitrogen functional groups attached to an aromatic ring is 1. The number of hydrogen-bond donors (Lipinski definition) is 1. The number of ether oxygens (including phenoxy) is 2. The summed E-state index contributed by atoms with van der Waals surface area (Å²) in [6, 6.07) is 7.59. The van der Waals surface area contributed by atoms with Gasteiger partial charge in [0.05, 0.1) is 12.7 Å². The Labute approximate surface area is 113 Å². The molecule has 0 radical (unpaired) electrons. The summed E-state index contributed by atoms with van der Waals surface area (Å²) in [6.07, 6.45) is 4.36. The summed E-state index contributed by atoms with van der Waals surface area (Å²) in [5.41, 5.74) is 7.48. The summed E-state index contributed by atoms with van der Waals surface area (Å²) < 4.78 is 10.7. The highest BCUT2D eigenvalue weighted by molar-refractivity contribution is 5.69. The van der Waals surface area contributed by atoms with Crippen molar-refractivity contribution in [2.24, 2.45) is 0 Å². The lowest BCUT2D eigenvalue weighted by atomic mass is 10.1. The van der Waals surface area contributed by atoms with Crippen LogP contribution in [0.4, 0.5) is 5.69 Å². The van der Waals surface area contributed by atoms with Crippen molar-refractivity contribution in [2.75, 3.05) is 18.9 Å². The number of benzene rings is 1. The number of nitrogens with two attached hydrogens (primary N) is 1. The van der Waals surface area contributed by atoms with Crippen molar-refractivity contribution in [1.29, 1.82) is 0 Å². The van der Waals surface area contributed by atoms with Crippen LogP contribution in [-0.2, 0) is 20.7 Å². The molecule has 4 heteroatoms. The number of carbonyl (C=O) groups excluding carboxylic acids is 1. The predicted molar refractivity (Wildman–Crippen MR) is 73.7 cm³/mol. The van der Waals surface area contributed by atoms with Gasteiger partial charge in [-0.15, -0.1) is 0 Å². The molecule has 1 saturated heterocycles. The Balaban J connectivity index is 1.61. The molecule has 19 heavy (non-hydrogen) atoms. The molecule has 0 amide bonds. The van der Waals surface area contributed by atoms with E-state index in [-0.39, 0.29) is 12.1 Å². The van der Waals surface area contributed by atoms with Gasteiger partial charge in [-0.1, -0.05) is 12.1 Å². The predicted octanol–water partition coefficient (Wildman–Crippen LogP) is 2.31. The third kappa shape index (κ3) is 4.91. The van der Waals surface area contributed by atoms with Crippen LogP contribution in [0.3, 0.4) is 0 Å². The fourth-order valence-corrected chi connectivity index (χ4v) is 2.24. The van der Waals surface area contributed by atoms with Gasteiger partial charge in [0.1, 0.15) is 0 Å². The lowest BCUT2D eigenvalue weighted by Gasteiger charge is -2.09. The van der Waals surface area contributed by atoms with Crippen molar-refractivity contribution >= 4 is 11.7 Å². The van der Waals surface area contributed by atoms with Crippen LogP contribution in [0.15, 0.2) is 24.3 Å². The second-order valence-corrected chi connectivity index (χ2v) is 4.89. The summed E-state index contributed by atoms with van der Waals surface area (Å²) in [5.74, 6) is -0.152. The van der Waals surface area contributed by atoms with E-state index in [4.69, 9.17) is 15.2 Å². The van der Waals surface area contributed by atoms with Gasteiger partial charge in [-0.3, -0.25) is 4.79 Å². The van der Waals surface area contributed by atoms with Crippen LogP contribution >= 0.6 is 0 Å². The van der Waals surface area contributed by atoms with Crippen LogP contribution in [0.1, 0.15) is 31.2 Å². The zero-order valence-electron chi connectivity index (χ0n) is 11.1. The monoisotopic (exact) mass is 263 g/mol. The van der Waals surface area contributed by atoms with E-state index in [9.17, 15) is 4.79 Å². The molecule has 1 aromatic carbocycles. The van der Waals surface area contributed by atoms with E-state index in [0.29, 0.717) is 19.4 Å². The minimum atomic E-state index is -0.152. The molecule has 2 N–H and O–H groups in total. The fourth-order valence-electron chi connectivity index (χ4n) is 2.24. The molecule has 1 atom stereocenters. The van der Waals surface area contributed by atoms with E-state index in [1.165, 1.54) is 0 Å². The number of rotatable bonds is 6. The van der Waals surface area contributed by atoms with Gasteiger partial charge in [-0.25, -0.2) is 0 Å². The van der Waals surface area contributed by atoms with Gasteiger partial charge >= 0.3 is 5.97 Å². The number of hydrogen-bond acceptors (Lipinski definition) is 4. The van der Waals surface area contributed by atoms with Gasteiger partial charge in [0.25, 0.3) is 0 Å². The van der Waals surface area contributed by atoms with Crippen LogP contribution in [0, 0.1) is 0 Å². The summed E-state index contributed by atoms with van der Waals surface area (Å²) in [6.45, 7) is 1.30. The number of esters is 1. The Bertz CT molecular complexity index is 414. The molecule has 0 saturated carbocycles. The van der Waals surface area contributed by atoms with Crippen molar-refractivity contribution in [1.82, 2.24) is 0 Å². The van der Waals surface area contributed by atoms with Gasteiger partial charge < -0.3 is 15.2 Å². The zero-order valence-corrected chi connectivity index (χ0v) is 11.1. The van der Waals surface area contributed by atoms with Crippen LogP contribution in [0.2, 0.25) is 0 Å². The second kappa shape index (κ2) is 7.14. The summed E-state index contributed by atoms with van der Waals surface area (Å²) >= 11 is 0. The molecular formula is C15H21NO3. The second-order valence-electron chi connectivity index (χ2n) is 4.89. The SMILES string of the molecule is Nc1cccc(CCC(=O)OCCC2CCCO2)c1. The molecule has 1 heterocycles. The summed E-state index contributed by atoms with van der Waals surface area (Å²) in [4.78, 5) is 11.6. The molecule has 1 aliphatic heterocycles. The lowest BCUT2D eigenvalue weighted by molar-refractivity contribution is -0.144. The average molecular weight is 263 g/mol. The Morgan fingerprint density at radius 2 is 2.37 bits per heavy atom. The first-order valence-electron chi connectivity index (χ1n) is 6.85. The van der Waals surface area contributed by atoms with Crippen molar-refractivity contribution in [3.63, 3.8) is 0 Å². The Morgan fingerprint density at radius 1 is 1.47 bits per heavy atom. The third-order valence-corrected chi connectivity index (χ3v) is 3.30. The highest BCUT2D eigenvalue weighted by Crippen LogP contribution is 2.15. The van der Waals surface area contributed by atoms with Gasteiger partial charge in [-0.2, -0.15) is 0 Å². The molecule has 1 fully saturated rings. The van der Waals surface area contributed by atoms with Gasteiger partial charge in [0, 0.05) is 25.1 Å². The van der Waals surface area contributed by atoms with E-state index in [0.717, 1.165) is 37.1 Å². The van der Waals surface area contributed by atoms with Crippen LogP contribution in [0.5, 0.6) is 0 Å². The van der Waals surface area contributed by atoms with E-state index in [1.54, 1.807) is 0 Å². The largest absolute Gasteiger partial charge is 0.466 e. The topological polar surface area (TPSA) is 61.6 Å². The minimum absolute atomic E-state index is 0.152. The van der Waals surface area contributed by atoms with Crippen molar-refractivity contribution in [2.45, 2.75) is 38.2 Å². The lowest BCUT2D eigenvalue weighted by Crippen LogP contribution is -2.13. The minimum Gasteiger partial charge on any atom is -0.466 e. The first-order valence-corrected chi connectivity index (χ1v) is 6.85. The highest BCUT2D eigenvalue weighted by atomic mass is 16.5. The third-order valence-electron chi connectivity index (χ3n) is 3.30. The molecule has 0 bridgehead atoms. The Kier molecular flexibility index (Phi) is 5.21. The molecule has 2 rings (SSSR count). The van der Waals surface area contributed by atoms with E-state index >= 15 is 0 Å². The highest BCUT2D eigenvalue weighted by Gasteiger charge is 2.15. The van der Waals surface area contributed by atoms with Gasteiger partial charge in [0.15, 0.2) is 0 Å².